The summed E-state index contributed by atoms with van der Waals surface area (Å²) in [6, 6.07) is 39.0. The predicted octanol–water partition coefficient (Wildman–Crippen LogP) is 8.20. The van der Waals surface area contributed by atoms with Crippen LogP contribution in [0.2, 0.25) is 0 Å². The molecule has 0 saturated heterocycles. The molecule has 0 N–H and O–H groups in total. The zero-order valence-electron chi connectivity index (χ0n) is 31.0. The van der Waals surface area contributed by atoms with Gasteiger partial charge in [-0.2, -0.15) is 0 Å². The van der Waals surface area contributed by atoms with Crippen molar-refractivity contribution in [1.29, 1.82) is 0 Å². The van der Waals surface area contributed by atoms with Crippen molar-refractivity contribution >= 4 is 23.9 Å². The zero-order chi connectivity index (χ0) is 39.3. The maximum absolute atomic E-state index is 12.0. The highest BCUT2D eigenvalue weighted by Gasteiger charge is 2.46. The van der Waals surface area contributed by atoms with Gasteiger partial charge in [-0.05, 0) is 107 Å². The van der Waals surface area contributed by atoms with Gasteiger partial charge in [-0.25, -0.2) is 19.2 Å². The normalized spacial score (nSPS) is 14.3. The van der Waals surface area contributed by atoms with E-state index >= 15 is 0 Å². The number of esters is 4. The molecular formula is C47H34O10. The Bertz CT molecular complexity index is 2480. The van der Waals surface area contributed by atoms with Crippen LogP contribution < -0.4 is 18.9 Å². The number of hydrogen-bond acceptors (Lipinski definition) is 10. The number of aryl methyl sites for hydroxylation is 2. The van der Waals surface area contributed by atoms with Gasteiger partial charge in [-0.15, -0.1) is 0 Å². The molecule has 0 bridgehead atoms. The van der Waals surface area contributed by atoms with Gasteiger partial charge in [0.25, 0.3) is 0 Å². The van der Waals surface area contributed by atoms with Gasteiger partial charge >= 0.3 is 23.9 Å². The third-order valence-corrected chi connectivity index (χ3v) is 10.6. The van der Waals surface area contributed by atoms with Crippen molar-refractivity contribution in [1.82, 2.24) is 0 Å². The van der Waals surface area contributed by atoms with E-state index in [2.05, 4.69) is 82.3 Å². The fourth-order valence-corrected chi connectivity index (χ4v) is 8.04. The van der Waals surface area contributed by atoms with Crippen LogP contribution in [0.3, 0.4) is 0 Å². The van der Waals surface area contributed by atoms with E-state index in [1.54, 1.807) is 12.1 Å². The lowest BCUT2D eigenvalue weighted by atomic mass is 9.67. The van der Waals surface area contributed by atoms with Gasteiger partial charge in [0.1, 0.15) is 49.4 Å². The van der Waals surface area contributed by atoms with Crippen LogP contribution in [0.4, 0.5) is 0 Å². The second-order valence-electron chi connectivity index (χ2n) is 14.0. The number of hydrogen-bond donors (Lipinski definition) is 0. The van der Waals surface area contributed by atoms with Crippen molar-refractivity contribution in [3.8, 4) is 34.1 Å². The molecule has 282 valence electrons. The SMILES string of the molecule is Cc1cc(C2(c3ccc(OCCOc4ccc5c(c4)C(=O)OC5=O)c(C)c3)c3ccccc3-c3ccccc32)ccc1OCCOc1ccc2c(c1)C(=O)OC2=O. The molecule has 0 fully saturated rings. The largest absolute Gasteiger partial charge is 0.490 e. The molecule has 10 heteroatoms. The molecule has 0 aromatic heterocycles. The van der Waals surface area contributed by atoms with Crippen molar-refractivity contribution in [2.24, 2.45) is 0 Å². The molecule has 0 spiro atoms. The third-order valence-electron chi connectivity index (χ3n) is 10.6. The lowest BCUT2D eigenvalue weighted by Crippen LogP contribution is -2.29. The molecule has 0 amide bonds. The summed E-state index contributed by atoms with van der Waals surface area (Å²) in [5.41, 5.74) is 8.99. The molecule has 1 aliphatic carbocycles. The molecular weight excluding hydrogens is 725 g/mol. The maximum atomic E-state index is 12.0. The molecule has 0 radical (unpaired) electrons. The fourth-order valence-electron chi connectivity index (χ4n) is 8.04. The molecule has 2 heterocycles. The zero-order valence-corrected chi connectivity index (χ0v) is 31.0. The van der Waals surface area contributed by atoms with Crippen LogP contribution in [0, 0.1) is 13.8 Å². The molecule has 3 aliphatic rings. The Hall–Kier alpha value is -7.20. The predicted molar refractivity (Wildman–Crippen MR) is 208 cm³/mol. The van der Waals surface area contributed by atoms with Crippen LogP contribution in [0.1, 0.15) is 74.8 Å². The first kappa shape index (κ1) is 35.5. The molecule has 0 atom stereocenters. The average molecular weight is 759 g/mol. The van der Waals surface area contributed by atoms with E-state index in [-0.39, 0.29) is 48.7 Å². The Morgan fingerprint density at radius 2 is 0.825 bits per heavy atom. The topological polar surface area (TPSA) is 124 Å². The van der Waals surface area contributed by atoms with Gasteiger partial charge in [0.15, 0.2) is 0 Å². The summed E-state index contributed by atoms with van der Waals surface area (Å²) >= 11 is 0. The number of carbonyl (C=O) groups is 4. The van der Waals surface area contributed by atoms with Crippen LogP contribution in [-0.2, 0) is 14.9 Å². The van der Waals surface area contributed by atoms with Crippen molar-refractivity contribution in [2.75, 3.05) is 26.4 Å². The van der Waals surface area contributed by atoms with Crippen LogP contribution in [0.5, 0.6) is 23.0 Å². The van der Waals surface area contributed by atoms with Gasteiger partial charge in [0.05, 0.1) is 27.7 Å². The minimum absolute atomic E-state index is 0.194. The van der Waals surface area contributed by atoms with Gasteiger partial charge in [0, 0.05) is 0 Å². The molecule has 0 unspecified atom stereocenters. The van der Waals surface area contributed by atoms with E-state index in [9.17, 15) is 19.2 Å². The fraction of sp³-hybridized carbons (Fsp3) is 0.149. The Morgan fingerprint density at radius 1 is 0.421 bits per heavy atom. The summed E-state index contributed by atoms with van der Waals surface area (Å²) in [4.78, 5) is 47.5. The summed E-state index contributed by atoms with van der Waals surface area (Å²) in [6.07, 6.45) is 0. The molecule has 6 aromatic rings. The number of ether oxygens (including phenoxy) is 6. The summed E-state index contributed by atoms with van der Waals surface area (Å²) in [5.74, 6) is -0.333. The van der Waals surface area contributed by atoms with Crippen molar-refractivity contribution in [3.63, 3.8) is 0 Å². The molecule has 6 aromatic carbocycles. The maximum Gasteiger partial charge on any atom is 0.347 e. The van der Waals surface area contributed by atoms with Crippen LogP contribution in [0.15, 0.2) is 121 Å². The van der Waals surface area contributed by atoms with Crippen LogP contribution in [-0.4, -0.2) is 50.3 Å². The lowest BCUT2D eigenvalue weighted by molar-refractivity contribution is 0.0425. The Morgan fingerprint density at radius 3 is 1.26 bits per heavy atom. The van der Waals surface area contributed by atoms with Gasteiger partial charge < -0.3 is 28.4 Å². The number of carbonyl (C=O) groups excluding carboxylic acids is 4. The summed E-state index contributed by atoms with van der Waals surface area (Å²) < 4.78 is 33.4. The minimum atomic E-state index is -0.677. The van der Waals surface area contributed by atoms with Crippen LogP contribution >= 0.6 is 0 Å². The van der Waals surface area contributed by atoms with Crippen LogP contribution in [0.25, 0.3) is 11.1 Å². The summed E-state index contributed by atoms with van der Waals surface area (Å²) in [5, 5.41) is 0. The minimum Gasteiger partial charge on any atom is -0.490 e. The summed E-state index contributed by atoms with van der Waals surface area (Å²) in [7, 11) is 0. The van der Waals surface area contributed by atoms with E-state index in [1.165, 1.54) is 46.5 Å². The van der Waals surface area contributed by atoms with E-state index in [4.69, 9.17) is 18.9 Å². The first-order valence-corrected chi connectivity index (χ1v) is 18.5. The lowest BCUT2D eigenvalue weighted by Gasteiger charge is -2.34. The van der Waals surface area contributed by atoms with Crippen molar-refractivity contribution in [3.05, 3.63) is 177 Å². The first-order chi connectivity index (χ1) is 27.7. The number of cyclic esters (lactones) is 4. The van der Waals surface area contributed by atoms with E-state index in [0.717, 1.165) is 33.8 Å². The molecule has 0 saturated carbocycles. The first-order valence-electron chi connectivity index (χ1n) is 18.5. The Kier molecular flexibility index (Phi) is 8.81. The van der Waals surface area contributed by atoms with E-state index < -0.39 is 29.3 Å². The third kappa shape index (κ3) is 6.06. The van der Waals surface area contributed by atoms with Crippen molar-refractivity contribution in [2.45, 2.75) is 19.3 Å². The quantitative estimate of drug-likeness (QED) is 0.0685. The van der Waals surface area contributed by atoms with Crippen molar-refractivity contribution < 1.29 is 47.6 Å². The van der Waals surface area contributed by atoms with E-state index in [0.29, 0.717) is 11.5 Å². The van der Waals surface area contributed by atoms with Gasteiger partial charge in [-0.1, -0.05) is 72.8 Å². The molecule has 10 nitrogen and oxygen atoms in total. The highest BCUT2D eigenvalue weighted by molar-refractivity contribution is 6.15. The highest BCUT2D eigenvalue weighted by Crippen LogP contribution is 2.56. The van der Waals surface area contributed by atoms with E-state index in [1.807, 2.05) is 26.0 Å². The Balaban J connectivity index is 0.954. The number of benzene rings is 6. The summed E-state index contributed by atoms with van der Waals surface area (Å²) in [6.45, 7) is 5.02. The molecule has 57 heavy (non-hydrogen) atoms. The average Bonchev–Trinajstić information content (AvgIpc) is 3.80. The molecule has 2 aliphatic heterocycles. The molecule has 9 rings (SSSR count). The second kappa shape index (κ2) is 14.1. The van der Waals surface area contributed by atoms with Gasteiger partial charge in [-0.3, -0.25) is 0 Å². The number of rotatable bonds is 12. The highest BCUT2D eigenvalue weighted by atomic mass is 16.6. The smallest absolute Gasteiger partial charge is 0.347 e. The Labute approximate surface area is 327 Å². The standard InChI is InChI=1S/C47H34O10/c1-27-23-29(11-17-41(27)54-21-19-52-31-13-15-35-37(25-31)45(50)56-43(35)48)47(39-9-5-3-7-33(39)34-8-4-6-10-40(34)47)30-12-18-42(28(2)24-30)55-22-20-53-32-14-16-36-38(26-32)46(51)57-44(36)49/h3-18,23-26H,19-22H2,1-2H3. The monoisotopic (exact) mass is 758 g/mol. The second-order valence-corrected chi connectivity index (χ2v) is 14.0. The number of fused-ring (bicyclic) bond motifs is 5. The van der Waals surface area contributed by atoms with Gasteiger partial charge in [0.2, 0.25) is 0 Å².